The van der Waals surface area contributed by atoms with Crippen LogP contribution in [-0.4, -0.2) is 18.5 Å². The lowest BCUT2D eigenvalue weighted by atomic mass is 9.90. The fraction of sp³-hybridized carbons (Fsp3) is 0.571. The van der Waals surface area contributed by atoms with Crippen molar-refractivity contribution in [1.82, 2.24) is 0 Å². The van der Waals surface area contributed by atoms with Gasteiger partial charge in [0.05, 0.1) is 16.7 Å². The van der Waals surface area contributed by atoms with Gasteiger partial charge in [-0.3, -0.25) is 9.59 Å². The summed E-state index contributed by atoms with van der Waals surface area (Å²) in [5.74, 6) is -0.614. The number of cyclic esters (lactones) is 1. The molecule has 0 spiro atoms. The van der Waals surface area contributed by atoms with Gasteiger partial charge >= 0.3 is 11.9 Å². The second kappa shape index (κ2) is 4.96. The molecule has 2 rings (SSSR count). The summed E-state index contributed by atoms with van der Waals surface area (Å²) >= 11 is 1.47. The Bertz CT molecular complexity index is 478. The molecule has 0 radical (unpaired) electrons. The molecule has 0 amide bonds. The molecule has 1 fully saturated rings. The van der Waals surface area contributed by atoms with E-state index in [0.717, 1.165) is 4.88 Å². The maximum Gasteiger partial charge on any atom is 0.312 e. The summed E-state index contributed by atoms with van der Waals surface area (Å²) in [5.41, 5.74) is -1.50. The average Bonchev–Trinajstić information content (AvgIpc) is 2.99. The summed E-state index contributed by atoms with van der Waals surface area (Å²) in [6.07, 6.45) is 0.778. The molecule has 1 saturated heterocycles. The van der Waals surface area contributed by atoms with Crippen molar-refractivity contribution < 1.29 is 19.1 Å². The van der Waals surface area contributed by atoms with E-state index >= 15 is 0 Å². The number of ether oxygens (including phenoxy) is 2. The fourth-order valence-electron chi connectivity index (χ4n) is 1.80. The number of carbonyl (C=O) groups is 2. The van der Waals surface area contributed by atoms with Crippen LogP contribution in [0.4, 0.5) is 0 Å². The summed E-state index contributed by atoms with van der Waals surface area (Å²) in [7, 11) is 0. The highest BCUT2D eigenvalue weighted by Crippen LogP contribution is 2.40. The van der Waals surface area contributed by atoms with Crippen molar-refractivity contribution >= 4 is 23.3 Å². The molecule has 5 heteroatoms. The molecule has 4 nitrogen and oxygen atoms in total. The smallest absolute Gasteiger partial charge is 0.312 e. The Morgan fingerprint density at radius 2 is 2.32 bits per heavy atom. The van der Waals surface area contributed by atoms with Crippen LogP contribution in [0.15, 0.2) is 17.5 Å². The van der Waals surface area contributed by atoms with Crippen LogP contribution < -0.4 is 0 Å². The monoisotopic (exact) mass is 282 g/mol. The Labute approximate surface area is 116 Å². The molecule has 0 bridgehead atoms. The highest BCUT2D eigenvalue weighted by molar-refractivity contribution is 7.10. The molecule has 1 aromatic rings. The van der Waals surface area contributed by atoms with Crippen LogP contribution in [0.3, 0.4) is 0 Å². The van der Waals surface area contributed by atoms with E-state index in [1.807, 2.05) is 38.3 Å². The van der Waals surface area contributed by atoms with Crippen molar-refractivity contribution in [2.45, 2.75) is 39.2 Å². The minimum absolute atomic E-state index is 0.0963. The van der Waals surface area contributed by atoms with Crippen LogP contribution in [0.2, 0.25) is 0 Å². The van der Waals surface area contributed by atoms with E-state index in [1.165, 1.54) is 11.3 Å². The van der Waals surface area contributed by atoms with Gasteiger partial charge in [-0.15, -0.1) is 11.3 Å². The molecular weight excluding hydrogens is 264 g/mol. The van der Waals surface area contributed by atoms with Crippen molar-refractivity contribution in [2.75, 3.05) is 6.61 Å². The van der Waals surface area contributed by atoms with Crippen molar-refractivity contribution in [3.8, 4) is 0 Å². The zero-order valence-electron chi connectivity index (χ0n) is 11.4. The first-order chi connectivity index (χ1) is 8.89. The van der Waals surface area contributed by atoms with Gasteiger partial charge in [-0.05, 0) is 31.7 Å². The average molecular weight is 282 g/mol. The minimum atomic E-state index is -0.936. The Hall–Kier alpha value is -1.36. The predicted octanol–water partition coefficient (Wildman–Crippen LogP) is 2.87. The third kappa shape index (κ3) is 2.66. The maximum atomic E-state index is 12.3. The third-order valence-electron chi connectivity index (χ3n) is 3.59. The Morgan fingerprint density at radius 3 is 2.79 bits per heavy atom. The maximum absolute atomic E-state index is 12.3. The van der Waals surface area contributed by atoms with Crippen LogP contribution >= 0.6 is 11.3 Å². The molecule has 1 unspecified atom stereocenters. The number of thiophene rings is 1. The van der Waals surface area contributed by atoms with Gasteiger partial charge in [0, 0.05) is 0 Å². The molecule has 0 saturated carbocycles. The van der Waals surface area contributed by atoms with Gasteiger partial charge in [-0.25, -0.2) is 0 Å². The molecular formula is C14H18O4S. The Morgan fingerprint density at radius 1 is 1.58 bits per heavy atom. The van der Waals surface area contributed by atoms with E-state index in [2.05, 4.69) is 0 Å². The highest BCUT2D eigenvalue weighted by Gasteiger charge is 2.48. The van der Waals surface area contributed by atoms with Crippen molar-refractivity contribution in [2.24, 2.45) is 5.41 Å². The number of esters is 2. The molecule has 1 aliphatic rings. The molecule has 0 aromatic carbocycles. The first-order valence-electron chi connectivity index (χ1n) is 6.33. The normalized spacial score (nSPS) is 23.2. The standard InChI is InChI=1S/C14H18O4S/c1-4-13(2,3)12(16)18-14(8-11(15)17-9-14)10-6-5-7-19-10/h5-7H,4,8-9H2,1-3H3. The molecule has 19 heavy (non-hydrogen) atoms. The predicted molar refractivity (Wildman–Crippen MR) is 71.7 cm³/mol. The van der Waals surface area contributed by atoms with Crippen LogP contribution in [0, 0.1) is 5.41 Å². The van der Waals surface area contributed by atoms with E-state index in [-0.39, 0.29) is 25.0 Å². The van der Waals surface area contributed by atoms with Gasteiger partial charge in [0.1, 0.15) is 6.61 Å². The lowest BCUT2D eigenvalue weighted by molar-refractivity contribution is -0.172. The van der Waals surface area contributed by atoms with Crippen LogP contribution in [-0.2, 0) is 24.7 Å². The number of hydrogen-bond acceptors (Lipinski definition) is 5. The third-order valence-corrected chi connectivity index (χ3v) is 4.65. The second-order valence-electron chi connectivity index (χ2n) is 5.44. The van der Waals surface area contributed by atoms with E-state index in [0.29, 0.717) is 6.42 Å². The van der Waals surface area contributed by atoms with Gasteiger partial charge in [0.25, 0.3) is 0 Å². The van der Waals surface area contributed by atoms with Gasteiger partial charge < -0.3 is 9.47 Å². The van der Waals surface area contributed by atoms with Crippen LogP contribution in [0.5, 0.6) is 0 Å². The van der Waals surface area contributed by atoms with Crippen molar-refractivity contribution in [3.63, 3.8) is 0 Å². The van der Waals surface area contributed by atoms with Gasteiger partial charge in [-0.2, -0.15) is 0 Å². The number of carbonyl (C=O) groups excluding carboxylic acids is 2. The molecule has 2 heterocycles. The summed E-state index contributed by atoms with van der Waals surface area (Å²) in [6, 6.07) is 3.75. The van der Waals surface area contributed by atoms with E-state index in [4.69, 9.17) is 9.47 Å². The van der Waals surface area contributed by atoms with E-state index < -0.39 is 11.0 Å². The van der Waals surface area contributed by atoms with Gasteiger partial charge in [-0.1, -0.05) is 13.0 Å². The summed E-state index contributed by atoms with van der Waals surface area (Å²) in [4.78, 5) is 24.6. The van der Waals surface area contributed by atoms with Crippen LogP contribution in [0.1, 0.15) is 38.5 Å². The molecule has 1 aromatic heterocycles. The number of hydrogen-bond donors (Lipinski definition) is 0. The highest BCUT2D eigenvalue weighted by atomic mass is 32.1. The lowest BCUT2D eigenvalue weighted by Crippen LogP contribution is -2.37. The summed E-state index contributed by atoms with van der Waals surface area (Å²) < 4.78 is 10.7. The summed E-state index contributed by atoms with van der Waals surface area (Å²) in [5, 5.41) is 1.90. The lowest BCUT2D eigenvalue weighted by Gasteiger charge is -2.30. The SMILES string of the molecule is CCC(C)(C)C(=O)OC1(c2cccs2)COC(=O)C1. The largest absolute Gasteiger partial charge is 0.461 e. The zero-order chi connectivity index (χ0) is 14.1. The van der Waals surface area contributed by atoms with Crippen LogP contribution in [0.25, 0.3) is 0 Å². The molecule has 0 aliphatic carbocycles. The second-order valence-corrected chi connectivity index (χ2v) is 6.38. The topological polar surface area (TPSA) is 52.6 Å². The van der Waals surface area contributed by atoms with E-state index in [9.17, 15) is 9.59 Å². The quantitative estimate of drug-likeness (QED) is 0.797. The zero-order valence-corrected chi connectivity index (χ0v) is 12.2. The van der Waals surface area contributed by atoms with E-state index in [1.54, 1.807) is 0 Å². The molecule has 0 N–H and O–H groups in total. The first kappa shape index (κ1) is 14.1. The first-order valence-corrected chi connectivity index (χ1v) is 7.21. The van der Waals surface area contributed by atoms with Gasteiger partial charge in [0.15, 0.2) is 5.60 Å². The summed E-state index contributed by atoms with van der Waals surface area (Å²) in [6.45, 7) is 5.73. The Kier molecular flexibility index (Phi) is 3.67. The molecule has 104 valence electrons. The van der Waals surface area contributed by atoms with Gasteiger partial charge in [0.2, 0.25) is 0 Å². The Balaban J connectivity index is 2.26. The van der Waals surface area contributed by atoms with Crippen molar-refractivity contribution in [1.29, 1.82) is 0 Å². The molecule has 1 aliphatic heterocycles. The molecule has 1 atom stereocenters. The van der Waals surface area contributed by atoms with Crippen molar-refractivity contribution in [3.05, 3.63) is 22.4 Å². The number of rotatable bonds is 4. The fourth-order valence-corrected chi connectivity index (χ4v) is 2.65. The minimum Gasteiger partial charge on any atom is -0.461 e.